The molecule has 0 saturated carbocycles. The fourth-order valence-corrected chi connectivity index (χ4v) is 1.16. The fourth-order valence-electron chi connectivity index (χ4n) is 1.16. The van der Waals surface area contributed by atoms with Crippen LogP contribution in [0.2, 0.25) is 0 Å². The standard InChI is InChI=1S/C12H11NO5/c1-4-9(14)18-11(15)8-6-5-7(2)13-10(8)12(16)17-3/h4-6H,1H2,2-3H3. The molecule has 1 aromatic rings. The van der Waals surface area contributed by atoms with Crippen molar-refractivity contribution in [1.82, 2.24) is 4.98 Å². The van der Waals surface area contributed by atoms with Gasteiger partial charge in [0.25, 0.3) is 0 Å². The van der Waals surface area contributed by atoms with E-state index in [4.69, 9.17) is 0 Å². The van der Waals surface area contributed by atoms with Gasteiger partial charge in [-0.3, -0.25) is 0 Å². The molecule has 6 nitrogen and oxygen atoms in total. The monoisotopic (exact) mass is 249 g/mol. The predicted molar refractivity (Wildman–Crippen MR) is 60.9 cm³/mol. The summed E-state index contributed by atoms with van der Waals surface area (Å²) in [6.07, 6.45) is 0.845. The molecule has 6 heteroatoms. The van der Waals surface area contributed by atoms with Crippen LogP contribution in [-0.2, 0) is 14.3 Å². The topological polar surface area (TPSA) is 82.6 Å². The first-order chi connectivity index (χ1) is 8.49. The largest absolute Gasteiger partial charge is 0.464 e. The molecule has 0 spiro atoms. The molecule has 1 heterocycles. The van der Waals surface area contributed by atoms with Gasteiger partial charge in [0.15, 0.2) is 5.69 Å². The van der Waals surface area contributed by atoms with Crippen LogP contribution in [0, 0.1) is 6.92 Å². The maximum atomic E-state index is 11.6. The smallest absolute Gasteiger partial charge is 0.357 e. The summed E-state index contributed by atoms with van der Waals surface area (Å²) in [6, 6.07) is 2.86. The Labute approximate surface area is 103 Å². The normalized spacial score (nSPS) is 9.44. The number of hydrogen-bond donors (Lipinski definition) is 0. The summed E-state index contributed by atoms with van der Waals surface area (Å²) in [5.74, 6) is -2.67. The van der Waals surface area contributed by atoms with E-state index in [0.717, 1.165) is 13.2 Å². The number of carbonyl (C=O) groups is 3. The van der Waals surface area contributed by atoms with E-state index < -0.39 is 17.9 Å². The van der Waals surface area contributed by atoms with Gasteiger partial charge >= 0.3 is 17.9 Å². The van der Waals surface area contributed by atoms with Gasteiger partial charge in [0.2, 0.25) is 0 Å². The van der Waals surface area contributed by atoms with Crippen LogP contribution in [-0.4, -0.2) is 30.0 Å². The lowest BCUT2D eigenvalue weighted by atomic mass is 10.1. The Morgan fingerprint density at radius 3 is 2.50 bits per heavy atom. The zero-order chi connectivity index (χ0) is 13.7. The number of aryl methyl sites for hydroxylation is 1. The minimum absolute atomic E-state index is 0.136. The highest BCUT2D eigenvalue weighted by atomic mass is 16.6. The Hall–Kier alpha value is -2.50. The minimum Gasteiger partial charge on any atom is -0.464 e. The summed E-state index contributed by atoms with van der Waals surface area (Å²) in [7, 11) is 1.16. The molecule has 0 amide bonds. The molecule has 0 radical (unpaired) electrons. The van der Waals surface area contributed by atoms with Crippen molar-refractivity contribution in [2.75, 3.05) is 7.11 Å². The molecule has 0 bridgehead atoms. The summed E-state index contributed by atoms with van der Waals surface area (Å²) in [4.78, 5) is 37.9. The van der Waals surface area contributed by atoms with Crippen LogP contribution < -0.4 is 0 Å². The zero-order valence-corrected chi connectivity index (χ0v) is 9.93. The maximum Gasteiger partial charge on any atom is 0.357 e. The number of carbonyl (C=O) groups excluding carboxylic acids is 3. The van der Waals surface area contributed by atoms with Crippen LogP contribution in [0.25, 0.3) is 0 Å². The van der Waals surface area contributed by atoms with E-state index in [-0.39, 0.29) is 11.3 Å². The highest BCUT2D eigenvalue weighted by Gasteiger charge is 2.22. The number of hydrogen-bond acceptors (Lipinski definition) is 6. The highest BCUT2D eigenvalue weighted by molar-refractivity contribution is 6.05. The first-order valence-corrected chi connectivity index (χ1v) is 4.94. The quantitative estimate of drug-likeness (QED) is 0.452. The molecule has 94 valence electrons. The lowest BCUT2D eigenvalue weighted by molar-refractivity contribution is -0.132. The lowest BCUT2D eigenvalue weighted by Gasteiger charge is -2.06. The van der Waals surface area contributed by atoms with Crippen LogP contribution >= 0.6 is 0 Å². The molecule has 0 aliphatic rings. The van der Waals surface area contributed by atoms with Gasteiger partial charge in [-0.2, -0.15) is 0 Å². The molecule has 0 fully saturated rings. The number of ether oxygens (including phenoxy) is 2. The van der Waals surface area contributed by atoms with Gasteiger partial charge in [-0.15, -0.1) is 0 Å². The fraction of sp³-hybridized carbons (Fsp3) is 0.167. The Bertz CT molecular complexity index is 521. The zero-order valence-electron chi connectivity index (χ0n) is 9.93. The van der Waals surface area contributed by atoms with Gasteiger partial charge in [0, 0.05) is 11.8 Å². The van der Waals surface area contributed by atoms with Crippen molar-refractivity contribution in [3.8, 4) is 0 Å². The Morgan fingerprint density at radius 1 is 1.28 bits per heavy atom. The Kier molecular flexibility index (Phi) is 4.31. The van der Waals surface area contributed by atoms with E-state index in [9.17, 15) is 14.4 Å². The van der Waals surface area contributed by atoms with Crippen molar-refractivity contribution in [2.24, 2.45) is 0 Å². The number of nitrogens with zero attached hydrogens (tertiary/aromatic N) is 1. The third-order valence-corrected chi connectivity index (χ3v) is 1.99. The summed E-state index contributed by atoms with van der Waals surface area (Å²) in [5, 5.41) is 0. The van der Waals surface area contributed by atoms with Crippen molar-refractivity contribution in [3.63, 3.8) is 0 Å². The Morgan fingerprint density at radius 2 is 1.94 bits per heavy atom. The molecule has 0 unspecified atom stereocenters. The molecular formula is C12H11NO5. The van der Waals surface area contributed by atoms with Crippen LogP contribution in [0.4, 0.5) is 0 Å². The molecule has 0 atom stereocenters. The SMILES string of the molecule is C=CC(=O)OC(=O)c1ccc(C)nc1C(=O)OC. The van der Waals surface area contributed by atoms with E-state index in [1.807, 2.05) is 0 Å². The molecule has 0 aliphatic carbocycles. The molecule has 0 saturated heterocycles. The summed E-state index contributed by atoms with van der Waals surface area (Å²) >= 11 is 0. The van der Waals surface area contributed by atoms with Crippen molar-refractivity contribution < 1.29 is 23.9 Å². The van der Waals surface area contributed by atoms with Crippen molar-refractivity contribution in [1.29, 1.82) is 0 Å². The van der Waals surface area contributed by atoms with Crippen molar-refractivity contribution in [3.05, 3.63) is 41.7 Å². The van der Waals surface area contributed by atoms with Crippen LogP contribution in [0.5, 0.6) is 0 Å². The van der Waals surface area contributed by atoms with Crippen LogP contribution in [0.15, 0.2) is 24.8 Å². The molecule has 18 heavy (non-hydrogen) atoms. The van der Waals surface area contributed by atoms with E-state index >= 15 is 0 Å². The van der Waals surface area contributed by atoms with E-state index in [1.54, 1.807) is 6.92 Å². The summed E-state index contributed by atoms with van der Waals surface area (Å²) in [5.41, 5.74) is 0.198. The summed E-state index contributed by atoms with van der Waals surface area (Å²) in [6.45, 7) is 4.81. The van der Waals surface area contributed by atoms with Crippen molar-refractivity contribution in [2.45, 2.75) is 6.92 Å². The van der Waals surface area contributed by atoms with Gasteiger partial charge in [-0.05, 0) is 19.1 Å². The first kappa shape index (κ1) is 13.6. The molecule has 0 N–H and O–H groups in total. The van der Waals surface area contributed by atoms with Gasteiger partial charge in [0.05, 0.1) is 12.7 Å². The average molecular weight is 249 g/mol. The van der Waals surface area contributed by atoms with E-state index in [2.05, 4.69) is 21.0 Å². The average Bonchev–Trinajstić information content (AvgIpc) is 2.37. The summed E-state index contributed by atoms with van der Waals surface area (Å²) < 4.78 is 8.92. The number of esters is 3. The number of methoxy groups -OCH3 is 1. The first-order valence-electron chi connectivity index (χ1n) is 4.94. The molecular weight excluding hydrogens is 238 g/mol. The van der Waals surface area contributed by atoms with Crippen LogP contribution in [0.3, 0.4) is 0 Å². The second-order valence-electron chi connectivity index (χ2n) is 3.25. The van der Waals surface area contributed by atoms with E-state index in [0.29, 0.717) is 5.69 Å². The minimum atomic E-state index is -0.979. The number of aromatic nitrogens is 1. The predicted octanol–water partition coefficient (Wildman–Crippen LogP) is 1.05. The lowest BCUT2D eigenvalue weighted by Crippen LogP contribution is -2.17. The third kappa shape index (κ3) is 3.00. The second kappa shape index (κ2) is 5.72. The maximum absolute atomic E-state index is 11.6. The number of rotatable bonds is 3. The molecule has 0 aliphatic heterocycles. The van der Waals surface area contributed by atoms with Crippen molar-refractivity contribution >= 4 is 17.9 Å². The molecule has 1 rings (SSSR count). The van der Waals surface area contributed by atoms with Gasteiger partial charge in [-0.1, -0.05) is 6.58 Å². The Balaban J connectivity index is 3.15. The molecule has 1 aromatic heterocycles. The molecule has 0 aromatic carbocycles. The number of pyridine rings is 1. The second-order valence-corrected chi connectivity index (χ2v) is 3.25. The highest BCUT2D eigenvalue weighted by Crippen LogP contribution is 2.11. The van der Waals surface area contributed by atoms with Gasteiger partial charge in [-0.25, -0.2) is 19.4 Å². The van der Waals surface area contributed by atoms with E-state index in [1.165, 1.54) is 12.1 Å². The van der Waals surface area contributed by atoms with Crippen LogP contribution in [0.1, 0.15) is 26.5 Å². The third-order valence-electron chi connectivity index (χ3n) is 1.99. The van der Waals surface area contributed by atoms with Gasteiger partial charge in [0.1, 0.15) is 0 Å². The van der Waals surface area contributed by atoms with Gasteiger partial charge < -0.3 is 9.47 Å².